The van der Waals surface area contributed by atoms with Gasteiger partial charge in [-0.05, 0) is 20.3 Å². The second kappa shape index (κ2) is 5.04. The normalized spacial score (nSPS) is 12.5. The van der Waals surface area contributed by atoms with E-state index in [-0.39, 0.29) is 0 Å². The van der Waals surface area contributed by atoms with Gasteiger partial charge in [0.25, 0.3) is 0 Å². The molecule has 0 heterocycles. The van der Waals surface area contributed by atoms with E-state index in [9.17, 15) is 0 Å². The Bertz CT molecular complexity index is 159. The van der Waals surface area contributed by atoms with E-state index in [1.54, 1.807) is 0 Å². The largest absolute Gasteiger partial charge is 0.0961 e. The molecule has 0 saturated heterocycles. The predicted molar refractivity (Wildman–Crippen MR) is 48.0 cm³/mol. The first kappa shape index (κ1) is 9.22. The van der Waals surface area contributed by atoms with Gasteiger partial charge in [0.05, 0.1) is 0 Å². The fraction of sp³-hybridized carbons (Fsp3) is 0.400. The first-order chi connectivity index (χ1) is 4.70. The molecule has 0 saturated carbocycles. The van der Waals surface area contributed by atoms with Crippen molar-refractivity contribution in [3.8, 4) is 0 Å². The van der Waals surface area contributed by atoms with E-state index < -0.39 is 0 Å². The summed E-state index contributed by atoms with van der Waals surface area (Å²) in [6.45, 7) is 9.99. The maximum atomic E-state index is 3.78. The van der Waals surface area contributed by atoms with Gasteiger partial charge in [0.15, 0.2) is 0 Å². The van der Waals surface area contributed by atoms with Gasteiger partial charge in [-0.3, -0.25) is 0 Å². The molecule has 0 aliphatic rings. The van der Waals surface area contributed by atoms with Crippen molar-refractivity contribution in [2.75, 3.05) is 0 Å². The van der Waals surface area contributed by atoms with Crippen LogP contribution in [0, 0.1) is 0 Å². The molecule has 0 aliphatic heterocycles. The molecule has 0 aliphatic carbocycles. The molecule has 0 aromatic heterocycles. The first-order valence-electron chi connectivity index (χ1n) is 3.69. The van der Waals surface area contributed by atoms with E-state index in [2.05, 4.69) is 32.6 Å². The smallest absolute Gasteiger partial charge is 0.0311 e. The van der Waals surface area contributed by atoms with E-state index in [1.807, 2.05) is 13.0 Å². The lowest BCUT2D eigenvalue weighted by Gasteiger charge is -1.92. The highest BCUT2D eigenvalue weighted by atomic mass is 13.9. The zero-order valence-corrected chi connectivity index (χ0v) is 7.15. The minimum absolute atomic E-state index is 1.10. The van der Waals surface area contributed by atoms with Crippen molar-refractivity contribution >= 4 is 0 Å². The lowest BCUT2D eigenvalue weighted by Crippen LogP contribution is -1.72. The van der Waals surface area contributed by atoms with Gasteiger partial charge < -0.3 is 0 Å². The Morgan fingerprint density at radius 3 is 2.30 bits per heavy atom. The minimum atomic E-state index is 1.10. The Balaban J connectivity index is 3.98. The predicted octanol–water partition coefficient (Wildman–Crippen LogP) is 3.48. The summed E-state index contributed by atoms with van der Waals surface area (Å²) in [4.78, 5) is 0. The highest BCUT2D eigenvalue weighted by Crippen LogP contribution is 2.03. The van der Waals surface area contributed by atoms with Gasteiger partial charge in [0.2, 0.25) is 0 Å². The lowest BCUT2D eigenvalue weighted by atomic mass is 10.1. The number of allylic oxidation sites excluding steroid dienone is 5. The average molecular weight is 136 g/mol. The summed E-state index contributed by atoms with van der Waals surface area (Å²) >= 11 is 0. The summed E-state index contributed by atoms with van der Waals surface area (Å²) in [6.07, 6.45) is 7.38. The second-order valence-corrected chi connectivity index (χ2v) is 2.40. The van der Waals surface area contributed by atoms with Gasteiger partial charge in [-0.2, -0.15) is 0 Å². The Morgan fingerprint density at radius 2 is 2.00 bits per heavy atom. The van der Waals surface area contributed by atoms with Gasteiger partial charge in [-0.15, -0.1) is 0 Å². The molecule has 0 fully saturated rings. The molecule has 0 radical (unpaired) electrons. The Labute approximate surface area is 64.0 Å². The lowest BCUT2D eigenvalue weighted by molar-refractivity contribution is 1.14. The maximum Gasteiger partial charge on any atom is -0.0311 e. The molecule has 0 spiro atoms. The van der Waals surface area contributed by atoms with E-state index in [0.717, 1.165) is 12.0 Å². The molecule has 0 rings (SSSR count). The topological polar surface area (TPSA) is 0 Å². The summed E-state index contributed by atoms with van der Waals surface area (Å²) in [6, 6.07) is 0. The third-order valence-corrected chi connectivity index (χ3v) is 1.36. The van der Waals surface area contributed by atoms with E-state index in [4.69, 9.17) is 0 Å². The van der Waals surface area contributed by atoms with Crippen molar-refractivity contribution in [1.29, 1.82) is 0 Å². The summed E-state index contributed by atoms with van der Waals surface area (Å²) in [5, 5.41) is 0. The van der Waals surface area contributed by atoms with E-state index in [0.29, 0.717) is 0 Å². The van der Waals surface area contributed by atoms with E-state index >= 15 is 0 Å². The van der Waals surface area contributed by atoms with Gasteiger partial charge in [-0.25, -0.2) is 0 Å². The van der Waals surface area contributed by atoms with Crippen molar-refractivity contribution in [2.45, 2.75) is 27.2 Å². The van der Waals surface area contributed by atoms with Crippen LogP contribution in [0.2, 0.25) is 0 Å². The van der Waals surface area contributed by atoms with E-state index in [1.165, 1.54) is 5.57 Å². The highest BCUT2D eigenvalue weighted by molar-refractivity contribution is 5.24. The Morgan fingerprint density at radius 1 is 1.40 bits per heavy atom. The highest BCUT2D eigenvalue weighted by Gasteiger charge is 1.82. The number of hydrogen-bond donors (Lipinski definition) is 0. The van der Waals surface area contributed by atoms with Crippen molar-refractivity contribution in [3.63, 3.8) is 0 Å². The molecular weight excluding hydrogens is 120 g/mol. The number of rotatable bonds is 3. The minimum Gasteiger partial charge on any atom is -0.0961 e. The molecule has 0 aromatic rings. The summed E-state index contributed by atoms with van der Waals surface area (Å²) in [7, 11) is 0. The number of hydrogen-bond acceptors (Lipinski definition) is 0. The van der Waals surface area contributed by atoms with Crippen molar-refractivity contribution in [2.24, 2.45) is 0 Å². The van der Waals surface area contributed by atoms with Crippen LogP contribution in [0.1, 0.15) is 27.2 Å². The summed E-state index contributed by atoms with van der Waals surface area (Å²) in [5.41, 5.74) is 2.47. The molecule has 0 nitrogen and oxygen atoms in total. The molecule has 56 valence electrons. The summed E-state index contributed by atoms with van der Waals surface area (Å²) < 4.78 is 0. The van der Waals surface area contributed by atoms with Gasteiger partial charge in [0, 0.05) is 0 Å². The third-order valence-electron chi connectivity index (χ3n) is 1.36. The molecule has 10 heavy (non-hydrogen) atoms. The van der Waals surface area contributed by atoms with Crippen molar-refractivity contribution in [1.82, 2.24) is 0 Å². The summed E-state index contributed by atoms with van der Waals surface area (Å²) in [5.74, 6) is 0. The Kier molecular flexibility index (Phi) is 4.65. The molecule has 0 amide bonds. The molecule has 0 bridgehead atoms. The zero-order chi connectivity index (χ0) is 7.98. The van der Waals surface area contributed by atoms with Crippen LogP contribution in [0.4, 0.5) is 0 Å². The Hall–Kier alpha value is -0.780. The second-order valence-electron chi connectivity index (χ2n) is 2.40. The maximum absolute atomic E-state index is 3.78. The van der Waals surface area contributed by atoms with Crippen molar-refractivity contribution in [3.05, 3.63) is 36.0 Å². The van der Waals surface area contributed by atoms with Crippen LogP contribution < -0.4 is 0 Å². The molecule has 0 atom stereocenters. The molecule has 0 N–H and O–H groups in total. The standard InChI is InChI=1S/C10H16/c1-5-10(6-2)8-7-9(3)4/h5,7-8H,3,6H2,1-2,4H3. The van der Waals surface area contributed by atoms with Gasteiger partial charge in [-0.1, -0.05) is 42.9 Å². The van der Waals surface area contributed by atoms with Crippen LogP contribution >= 0.6 is 0 Å². The van der Waals surface area contributed by atoms with Gasteiger partial charge >= 0.3 is 0 Å². The molecule has 0 unspecified atom stereocenters. The zero-order valence-electron chi connectivity index (χ0n) is 7.15. The van der Waals surface area contributed by atoms with Gasteiger partial charge in [0.1, 0.15) is 0 Å². The van der Waals surface area contributed by atoms with Crippen LogP contribution in [0.15, 0.2) is 36.0 Å². The van der Waals surface area contributed by atoms with Crippen LogP contribution in [0.5, 0.6) is 0 Å². The molecule has 0 aromatic carbocycles. The van der Waals surface area contributed by atoms with Crippen LogP contribution in [-0.4, -0.2) is 0 Å². The molecule has 0 heteroatoms. The van der Waals surface area contributed by atoms with Crippen LogP contribution in [0.3, 0.4) is 0 Å². The van der Waals surface area contributed by atoms with Crippen LogP contribution in [-0.2, 0) is 0 Å². The first-order valence-corrected chi connectivity index (χ1v) is 3.69. The SMILES string of the molecule is C=C(C)C=CC(=CC)CC. The molecular formula is C10H16. The fourth-order valence-electron chi connectivity index (χ4n) is 0.667. The third kappa shape index (κ3) is 4.13. The van der Waals surface area contributed by atoms with Crippen LogP contribution in [0.25, 0.3) is 0 Å². The average Bonchev–Trinajstić information content (AvgIpc) is 1.90. The fourth-order valence-corrected chi connectivity index (χ4v) is 0.667. The van der Waals surface area contributed by atoms with Crippen molar-refractivity contribution < 1.29 is 0 Å². The quantitative estimate of drug-likeness (QED) is 0.521. The monoisotopic (exact) mass is 136 g/mol.